The number of rotatable bonds is 4. The molecular formula is C14H17N3O. The van der Waals surface area contributed by atoms with Crippen LogP contribution in [0.15, 0.2) is 42.6 Å². The van der Waals surface area contributed by atoms with E-state index in [4.69, 9.17) is 10.5 Å². The molecule has 0 saturated heterocycles. The van der Waals surface area contributed by atoms with Crippen molar-refractivity contribution in [1.29, 1.82) is 0 Å². The Bertz CT molecular complexity index is 503. The van der Waals surface area contributed by atoms with Gasteiger partial charge in [0.05, 0.1) is 24.9 Å². The van der Waals surface area contributed by atoms with Crippen molar-refractivity contribution >= 4 is 5.82 Å². The van der Waals surface area contributed by atoms with Gasteiger partial charge in [-0.3, -0.25) is 0 Å². The van der Waals surface area contributed by atoms with Gasteiger partial charge in [0.2, 0.25) is 0 Å². The van der Waals surface area contributed by atoms with E-state index >= 15 is 0 Å². The van der Waals surface area contributed by atoms with Gasteiger partial charge < -0.3 is 10.5 Å². The molecule has 1 aliphatic carbocycles. The molecule has 0 radical (unpaired) electrons. The number of nitrogen functional groups attached to an aromatic ring is 1. The molecule has 0 spiro atoms. The summed E-state index contributed by atoms with van der Waals surface area (Å²) in [6.07, 6.45) is 4.07. The number of anilines is 1. The van der Waals surface area contributed by atoms with Crippen molar-refractivity contribution in [3.8, 4) is 0 Å². The molecule has 4 heteroatoms. The molecular weight excluding hydrogens is 226 g/mol. The van der Waals surface area contributed by atoms with Crippen LogP contribution in [0.2, 0.25) is 0 Å². The Balaban J connectivity index is 1.47. The van der Waals surface area contributed by atoms with Crippen molar-refractivity contribution in [1.82, 2.24) is 9.78 Å². The summed E-state index contributed by atoms with van der Waals surface area (Å²) in [7, 11) is 0. The molecule has 2 aromatic rings. The molecule has 94 valence electrons. The smallest absolute Gasteiger partial charge is 0.121 e. The number of hydrogen-bond donors (Lipinski definition) is 1. The molecule has 1 aromatic heterocycles. The van der Waals surface area contributed by atoms with E-state index in [9.17, 15) is 0 Å². The zero-order valence-corrected chi connectivity index (χ0v) is 10.2. The first kappa shape index (κ1) is 11.3. The number of ether oxygens (including phenoxy) is 1. The first-order valence-corrected chi connectivity index (χ1v) is 6.27. The number of aromatic nitrogens is 2. The average molecular weight is 243 g/mol. The third kappa shape index (κ3) is 2.24. The van der Waals surface area contributed by atoms with Crippen LogP contribution in [0, 0.1) is 0 Å². The van der Waals surface area contributed by atoms with Crippen LogP contribution in [-0.2, 0) is 11.3 Å². The summed E-state index contributed by atoms with van der Waals surface area (Å²) in [6.45, 7) is 0.687. The summed E-state index contributed by atoms with van der Waals surface area (Å²) in [6, 6.07) is 12.5. The predicted octanol–water partition coefficient (Wildman–Crippen LogP) is 2.39. The Kier molecular flexibility index (Phi) is 3.02. The van der Waals surface area contributed by atoms with Crippen LogP contribution in [0.1, 0.15) is 24.4 Å². The molecule has 1 aromatic carbocycles. The molecule has 1 aliphatic rings. The lowest BCUT2D eigenvalue weighted by Gasteiger charge is -2.35. The van der Waals surface area contributed by atoms with E-state index in [1.165, 1.54) is 5.56 Å². The van der Waals surface area contributed by atoms with Crippen LogP contribution >= 0.6 is 0 Å². The number of benzene rings is 1. The third-order valence-corrected chi connectivity index (χ3v) is 3.45. The van der Waals surface area contributed by atoms with Crippen LogP contribution in [0.3, 0.4) is 0 Å². The minimum absolute atomic E-state index is 0.332. The van der Waals surface area contributed by atoms with E-state index in [-0.39, 0.29) is 0 Å². The lowest BCUT2D eigenvalue weighted by Crippen LogP contribution is -2.34. The van der Waals surface area contributed by atoms with Crippen LogP contribution in [0.5, 0.6) is 0 Å². The molecule has 3 rings (SSSR count). The van der Waals surface area contributed by atoms with Crippen molar-refractivity contribution in [2.75, 3.05) is 5.73 Å². The molecule has 0 unspecified atom stereocenters. The van der Waals surface area contributed by atoms with E-state index in [0.29, 0.717) is 18.8 Å². The van der Waals surface area contributed by atoms with E-state index in [1.54, 1.807) is 6.20 Å². The van der Waals surface area contributed by atoms with Gasteiger partial charge in [-0.25, -0.2) is 4.68 Å². The maximum absolute atomic E-state index is 5.85. The van der Waals surface area contributed by atoms with E-state index in [1.807, 2.05) is 28.9 Å². The Hall–Kier alpha value is -1.81. The summed E-state index contributed by atoms with van der Waals surface area (Å²) in [5, 5.41) is 4.23. The molecule has 1 saturated carbocycles. The quantitative estimate of drug-likeness (QED) is 0.897. The van der Waals surface area contributed by atoms with Gasteiger partial charge in [0.25, 0.3) is 0 Å². The van der Waals surface area contributed by atoms with E-state index in [0.717, 1.165) is 18.7 Å². The van der Waals surface area contributed by atoms with Crippen LogP contribution in [-0.4, -0.2) is 15.9 Å². The molecule has 4 nitrogen and oxygen atoms in total. The van der Waals surface area contributed by atoms with Crippen molar-refractivity contribution < 1.29 is 4.74 Å². The minimum Gasteiger partial charge on any atom is -0.384 e. The highest BCUT2D eigenvalue weighted by Gasteiger charge is 2.32. The van der Waals surface area contributed by atoms with Gasteiger partial charge in [0.15, 0.2) is 0 Å². The summed E-state index contributed by atoms with van der Waals surface area (Å²) in [5.41, 5.74) is 7.04. The fourth-order valence-corrected chi connectivity index (χ4v) is 2.29. The zero-order valence-electron chi connectivity index (χ0n) is 10.2. The summed E-state index contributed by atoms with van der Waals surface area (Å²) in [4.78, 5) is 0. The summed E-state index contributed by atoms with van der Waals surface area (Å²) >= 11 is 0. The van der Waals surface area contributed by atoms with Gasteiger partial charge in [-0.05, 0) is 24.5 Å². The Morgan fingerprint density at radius 2 is 2.00 bits per heavy atom. The van der Waals surface area contributed by atoms with Gasteiger partial charge in [-0.15, -0.1) is 0 Å². The van der Waals surface area contributed by atoms with Gasteiger partial charge in [-0.2, -0.15) is 5.10 Å². The summed E-state index contributed by atoms with van der Waals surface area (Å²) < 4.78 is 7.74. The molecule has 2 N–H and O–H groups in total. The molecule has 18 heavy (non-hydrogen) atoms. The highest BCUT2D eigenvalue weighted by molar-refractivity contribution is 5.27. The van der Waals surface area contributed by atoms with Crippen LogP contribution in [0.4, 0.5) is 5.82 Å². The molecule has 1 fully saturated rings. The van der Waals surface area contributed by atoms with Crippen molar-refractivity contribution in [3.63, 3.8) is 0 Å². The highest BCUT2D eigenvalue weighted by atomic mass is 16.5. The first-order chi connectivity index (χ1) is 8.83. The molecule has 0 aliphatic heterocycles. The monoisotopic (exact) mass is 243 g/mol. The van der Waals surface area contributed by atoms with Gasteiger partial charge in [-0.1, -0.05) is 30.3 Å². The van der Waals surface area contributed by atoms with Crippen molar-refractivity contribution in [3.05, 3.63) is 48.2 Å². The normalized spacial score (nSPS) is 22.7. The maximum atomic E-state index is 5.85. The Morgan fingerprint density at radius 3 is 2.67 bits per heavy atom. The highest BCUT2D eigenvalue weighted by Crippen LogP contribution is 2.35. The fourth-order valence-electron chi connectivity index (χ4n) is 2.29. The van der Waals surface area contributed by atoms with Gasteiger partial charge in [0.1, 0.15) is 5.82 Å². The molecule has 1 heterocycles. The molecule has 0 atom stereocenters. The van der Waals surface area contributed by atoms with Crippen molar-refractivity contribution in [2.45, 2.75) is 31.6 Å². The minimum atomic E-state index is 0.332. The Morgan fingerprint density at radius 1 is 1.22 bits per heavy atom. The largest absolute Gasteiger partial charge is 0.384 e. The van der Waals surface area contributed by atoms with Gasteiger partial charge >= 0.3 is 0 Å². The fraction of sp³-hybridized carbons (Fsp3) is 0.357. The predicted molar refractivity (Wildman–Crippen MR) is 69.9 cm³/mol. The number of nitrogens with two attached hydrogens (primary N) is 1. The zero-order chi connectivity index (χ0) is 12.4. The standard InChI is InChI=1S/C14H17N3O/c15-14-6-7-16-17(14)12-8-13(9-12)18-10-11-4-2-1-3-5-11/h1-7,12-13H,8-10,15H2. The van der Waals surface area contributed by atoms with Crippen LogP contribution in [0.25, 0.3) is 0 Å². The van der Waals surface area contributed by atoms with E-state index < -0.39 is 0 Å². The first-order valence-electron chi connectivity index (χ1n) is 6.27. The average Bonchev–Trinajstić information content (AvgIpc) is 2.75. The second-order valence-electron chi connectivity index (χ2n) is 4.74. The van der Waals surface area contributed by atoms with Gasteiger partial charge in [0, 0.05) is 0 Å². The Labute approximate surface area is 106 Å². The lowest BCUT2D eigenvalue weighted by molar-refractivity contribution is -0.0378. The molecule has 0 amide bonds. The lowest BCUT2D eigenvalue weighted by atomic mass is 9.89. The topological polar surface area (TPSA) is 53.1 Å². The second kappa shape index (κ2) is 4.82. The van der Waals surface area contributed by atoms with Crippen LogP contribution < -0.4 is 5.73 Å². The SMILES string of the molecule is Nc1ccnn1C1CC(OCc2ccccc2)C1. The maximum Gasteiger partial charge on any atom is 0.121 e. The number of nitrogens with zero attached hydrogens (tertiary/aromatic N) is 2. The second-order valence-corrected chi connectivity index (χ2v) is 4.74. The van der Waals surface area contributed by atoms with Crippen molar-refractivity contribution in [2.24, 2.45) is 0 Å². The summed E-state index contributed by atoms with van der Waals surface area (Å²) in [5.74, 6) is 0.738. The number of hydrogen-bond acceptors (Lipinski definition) is 3. The van der Waals surface area contributed by atoms with E-state index in [2.05, 4.69) is 17.2 Å². The molecule has 0 bridgehead atoms. The third-order valence-electron chi connectivity index (χ3n) is 3.45.